The summed E-state index contributed by atoms with van der Waals surface area (Å²) in [5, 5.41) is 4.51. The summed E-state index contributed by atoms with van der Waals surface area (Å²) in [6.07, 6.45) is 6.25. The molecule has 4 heteroatoms. The summed E-state index contributed by atoms with van der Waals surface area (Å²) in [5.74, 6) is 0.878. The Balaban J connectivity index is 2.00. The van der Waals surface area contributed by atoms with Gasteiger partial charge in [-0.25, -0.2) is 0 Å². The predicted molar refractivity (Wildman–Crippen MR) is 74.0 cm³/mol. The summed E-state index contributed by atoms with van der Waals surface area (Å²) < 4.78 is 3.21. The third kappa shape index (κ3) is 2.91. The quantitative estimate of drug-likeness (QED) is 0.908. The van der Waals surface area contributed by atoms with Crippen molar-refractivity contribution in [3.63, 3.8) is 0 Å². The van der Waals surface area contributed by atoms with Gasteiger partial charge in [0.25, 0.3) is 0 Å². The van der Waals surface area contributed by atoms with Gasteiger partial charge >= 0.3 is 0 Å². The summed E-state index contributed by atoms with van der Waals surface area (Å²) in [7, 11) is 0. The van der Waals surface area contributed by atoms with Gasteiger partial charge in [0.05, 0.1) is 15.9 Å². The van der Waals surface area contributed by atoms with Crippen LogP contribution in [-0.4, -0.2) is 15.8 Å². The third-order valence-electron chi connectivity index (χ3n) is 3.77. The number of nitrogens with two attached hydrogens (primary N) is 1. The van der Waals surface area contributed by atoms with Crippen LogP contribution in [0.2, 0.25) is 0 Å². The molecule has 1 heterocycles. The Morgan fingerprint density at radius 1 is 1.53 bits per heavy atom. The number of aromatic nitrogens is 2. The van der Waals surface area contributed by atoms with Crippen molar-refractivity contribution in [2.45, 2.75) is 58.5 Å². The third-order valence-corrected chi connectivity index (χ3v) is 4.80. The van der Waals surface area contributed by atoms with Crippen molar-refractivity contribution in [3.05, 3.63) is 15.9 Å². The highest BCUT2D eigenvalue weighted by atomic mass is 79.9. The standard InChI is InChI=1S/C13H22BrN3/c1-3-17-12(13(14)9(2)16-17)8-11(15)7-10-5-4-6-10/h10-11H,3-8,15H2,1-2H3. The van der Waals surface area contributed by atoms with Gasteiger partial charge < -0.3 is 5.73 Å². The molecule has 0 bridgehead atoms. The fourth-order valence-electron chi connectivity index (χ4n) is 2.55. The maximum Gasteiger partial charge on any atom is 0.0738 e. The molecular formula is C13H22BrN3. The van der Waals surface area contributed by atoms with Crippen LogP contribution in [0.1, 0.15) is 44.0 Å². The van der Waals surface area contributed by atoms with E-state index in [2.05, 4.69) is 32.6 Å². The van der Waals surface area contributed by atoms with Gasteiger partial charge in [0.15, 0.2) is 0 Å². The lowest BCUT2D eigenvalue weighted by Gasteiger charge is -2.28. The first kappa shape index (κ1) is 13.1. The number of hydrogen-bond acceptors (Lipinski definition) is 2. The molecule has 1 saturated carbocycles. The van der Waals surface area contributed by atoms with Crippen LogP contribution in [0.3, 0.4) is 0 Å². The molecule has 0 aromatic carbocycles. The minimum absolute atomic E-state index is 0.276. The Hall–Kier alpha value is -0.350. The molecule has 96 valence electrons. The van der Waals surface area contributed by atoms with Gasteiger partial charge in [0.2, 0.25) is 0 Å². The van der Waals surface area contributed by atoms with Crippen LogP contribution in [-0.2, 0) is 13.0 Å². The normalized spacial score (nSPS) is 18.1. The number of rotatable bonds is 5. The average molecular weight is 300 g/mol. The van der Waals surface area contributed by atoms with Gasteiger partial charge in [-0.3, -0.25) is 4.68 Å². The monoisotopic (exact) mass is 299 g/mol. The average Bonchev–Trinajstić information content (AvgIpc) is 2.51. The molecule has 2 rings (SSSR count). The van der Waals surface area contributed by atoms with E-state index in [-0.39, 0.29) is 6.04 Å². The Kier molecular flexibility index (Phi) is 4.26. The van der Waals surface area contributed by atoms with E-state index in [4.69, 9.17) is 5.73 Å². The topological polar surface area (TPSA) is 43.8 Å². The summed E-state index contributed by atoms with van der Waals surface area (Å²) in [6, 6.07) is 0.276. The van der Waals surface area contributed by atoms with Gasteiger partial charge in [0.1, 0.15) is 0 Å². The largest absolute Gasteiger partial charge is 0.327 e. The van der Waals surface area contributed by atoms with E-state index >= 15 is 0 Å². The molecule has 1 aromatic rings. The van der Waals surface area contributed by atoms with Crippen molar-refractivity contribution in [3.8, 4) is 0 Å². The Bertz CT molecular complexity index is 382. The summed E-state index contributed by atoms with van der Waals surface area (Å²) in [6.45, 7) is 5.08. The van der Waals surface area contributed by atoms with E-state index in [0.29, 0.717) is 0 Å². The number of halogens is 1. The molecule has 1 aliphatic rings. The SMILES string of the molecule is CCn1nc(C)c(Br)c1CC(N)CC1CCC1. The van der Waals surface area contributed by atoms with E-state index < -0.39 is 0 Å². The maximum absolute atomic E-state index is 6.26. The molecule has 0 amide bonds. The molecule has 3 nitrogen and oxygen atoms in total. The molecular weight excluding hydrogens is 278 g/mol. The van der Waals surface area contributed by atoms with E-state index in [9.17, 15) is 0 Å². The van der Waals surface area contributed by atoms with Crippen molar-refractivity contribution in [1.82, 2.24) is 9.78 Å². The van der Waals surface area contributed by atoms with Gasteiger partial charge in [-0.2, -0.15) is 5.10 Å². The predicted octanol–water partition coefficient (Wildman–Crippen LogP) is 3.03. The molecule has 1 fully saturated rings. The zero-order valence-corrected chi connectivity index (χ0v) is 12.3. The van der Waals surface area contributed by atoms with Crippen molar-refractivity contribution in [2.75, 3.05) is 0 Å². The second-order valence-electron chi connectivity index (χ2n) is 5.16. The molecule has 0 aliphatic heterocycles. The zero-order valence-electron chi connectivity index (χ0n) is 10.7. The van der Waals surface area contributed by atoms with Gasteiger partial charge in [-0.15, -0.1) is 0 Å². The minimum Gasteiger partial charge on any atom is -0.327 e. The molecule has 1 aromatic heterocycles. The fourth-order valence-corrected chi connectivity index (χ4v) is 3.00. The van der Waals surface area contributed by atoms with Gasteiger partial charge in [0, 0.05) is 19.0 Å². The molecule has 1 atom stereocenters. The Labute approximate surface area is 112 Å². The highest BCUT2D eigenvalue weighted by Gasteiger charge is 2.22. The van der Waals surface area contributed by atoms with Crippen LogP contribution < -0.4 is 5.73 Å². The highest BCUT2D eigenvalue weighted by Crippen LogP contribution is 2.31. The summed E-state index contributed by atoms with van der Waals surface area (Å²) in [4.78, 5) is 0. The highest BCUT2D eigenvalue weighted by molar-refractivity contribution is 9.10. The molecule has 2 N–H and O–H groups in total. The van der Waals surface area contributed by atoms with E-state index in [1.54, 1.807) is 0 Å². The molecule has 1 unspecified atom stereocenters. The van der Waals surface area contributed by atoms with Crippen LogP contribution >= 0.6 is 15.9 Å². The maximum atomic E-state index is 6.26. The second kappa shape index (κ2) is 5.53. The van der Waals surface area contributed by atoms with E-state index in [1.165, 1.54) is 31.4 Å². The second-order valence-corrected chi connectivity index (χ2v) is 5.95. The molecule has 0 radical (unpaired) electrons. The first-order valence-electron chi connectivity index (χ1n) is 6.59. The first-order valence-corrected chi connectivity index (χ1v) is 7.38. The summed E-state index contributed by atoms with van der Waals surface area (Å²) in [5.41, 5.74) is 8.58. The number of nitrogens with zero attached hydrogens (tertiary/aromatic N) is 2. The lowest BCUT2D eigenvalue weighted by Crippen LogP contribution is -2.29. The van der Waals surface area contributed by atoms with Crippen LogP contribution in [0.4, 0.5) is 0 Å². The lowest BCUT2D eigenvalue weighted by molar-refractivity contribution is 0.274. The van der Waals surface area contributed by atoms with Crippen molar-refractivity contribution < 1.29 is 0 Å². The van der Waals surface area contributed by atoms with Crippen molar-refractivity contribution >= 4 is 15.9 Å². The van der Waals surface area contributed by atoms with E-state index in [0.717, 1.165) is 29.1 Å². The Morgan fingerprint density at radius 2 is 2.24 bits per heavy atom. The number of aryl methyl sites for hydroxylation is 2. The molecule has 0 saturated heterocycles. The Morgan fingerprint density at radius 3 is 2.76 bits per heavy atom. The molecule has 1 aliphatic carbocycles. The van der Waals surface area contributed by atoms with Gasteiger partial charge in [-0.05, 0) is 42.1 Å². The van der Waals surface area contributed by atoms with Crippen LogP contribution in [0, 0.1) is 12.8 Å². The van der Waals surface area contributed by atoms with Crippen molar-refractivity contribution in [1.29, 1.82) is 0 Å². The zero-order chi connectivity index (χ0) is 12.4. The van der Waals surface area contributed by atoms with Gasteiger partial charge in [-0.1, -0.05) is 19.3 Å². The van der Waals surface area contributed by atoms with E-state index in [1.807, 2.05) is 6.92 Å². The van der Waals surface area contributed by atoms with Crippen LogP contribution in [0.15, 0.2) is 4.47 Å². The number of hydrogen-bond donors (Lipinski definition) is 1. The minimum atomic E-state index is 0.276. The fraction of sp³-hybridized carbons (Fsp3) is 0.769. The molecule has 17 heavy (non-hydrogen) atoms. The smallest absolute Gasteiger partial charge is 0.0738 e. The first-order chi connectivity index (χ1) is 8.11. The molecule has 0 spiro atoms. The van der Waals surface area contributed by atoms with Crippen LogP contribution in [0.5, 0.6) is 0 Å². The summed E-state index contributed by atoms with van der Waals surface area (Å²) >= 11 is 3.63. The van der Waals surface area contributed by atoms with Crippen molar-refractivity contribution in [2.24, 2.45) is 11.7 Å². The van der Waals surface area contributed by atoms with Crippen LogP contribution in [0.25, 0.3) is 0 Å². The lowest BCUT2D eigenvalue weighted by atomic mass is 9.80.